The van der Waals surface area contributed by atoms with Crippen LogP contribution in [0.3, 0.4) is 0 Å². The standard InChI is InChI=1S/C20H24N2.4ClH.Ti/c1-13-9-7-10-14(2)19(13)21-17(5)18(6)22-20-15(3)11-8-12-16(20)4;;;;;/h7-12H,1-6H3;4*1H;/q;;;;;+4/p-4. The van der Waals surface area contributed by atoms with Crippen molar-refractivity contribution in [3.8, 4) is 0 Å². The molecular weight excluding hydrogens is 458 g/mol. The summed E-state index contributed by atoms with van der Waals surface area (Å²) in [6.45, 7) is 12.4. The maximum atomic E-state index is 5.01. The van der Waals surface area contributed by atoms with Gasteiger partial charge >= 0.3 is 49.6 Å². The van der Waals surface area contributed by atoms with Gasteiger partial charge in [-0.3, -0.25) is 9.98 Å². The van der Waals surface area contributed by atoms with Crippen molar-refractivity contribution >= 4 is 60.0 Å². The zero-order valence-electron chi connectivity index (χ0n) is 16.4. The Hall–Kier alpha value is -0.346. The number of hydrogen-bond donors (Lipinski definition) is 0. The molecule has 0 aliphatic carbocycles. The van der Waals surface area contributed by atoms with E-state index in [0.717, 1.165) is 22.8 Å². The molecule has 2 nitrogen and oxygen atoms in total. The third-order valence-corrected chi connectivity index (χ3v) is 3.96. The molecule has 27 heavy (non-hydrogen) atoms. The molecule has 0 saturated heterocycles. The van der Waals surface area contributed by atoms with Crippen LogP contribution < -0.4 is 0 Å². The van der Waals surface area contributed by atoms with Gasteiger partial charge in [-0.25, -0.2) is 0 Å². The Bertz CT molecular complexity index is 744. The molecule has 0 radical (unpaired) electrons. The van der Waals surface area contributed by atoms with Crippen LogP contribution in [0.2, 0.25) is 0 Å². The molecule has 0 heterocycles. The van der Waals surface area contributed by atoms with Gasteiger partial charge in [-0.05, 0) is 63.8 Å². The predicted octanol–water partition coefficient (Wildman–Crippen LogP) is 8.56. The fourth-order valence-electron chi connectivity index (χ4n) is 2.46. The number of rotatable bonds is 3. The third kappa shape index (κ3) is 9.13. The molecule has 0 atom stereocenters. The van der Waals surface area contributed by atoms with E-state index in [1.165, 1.54) is 22.3 Å². The third-order valence-electron chi connectivity index (χ3n) is 3.96. The van der Waals surface area contributed by atoms with Crippen LogP contribution in [0.15, 0.2) is 46.4 Å². The first-order valence-electron chi connectivity index (χ1n) is 8.39. The Balaban J connectivity index is 0.000000646. The van der Waals surface area contributed by atoms with Crippen LogP contribution >= 0.6 is 37.2 Å². The van der Waals surface area contributed by atoms with Gasteiger partial charge in [0.1, 0.15) is 0 Å². The summed E-state index contributed by atoms with van der Waals surface area (Å²) in [6, 6.07) is 12.5. The van der Waals surface area contributed by atoms with Crippen molar-refractivity contribution in [2.75, 3.05) is 0 Å². The molecule has 2 rings (SSSR count). The van der Waals surface area contributed by atoms with Crippen molar-refractivity contribution in [1.82, 2.24) is 0 Å². The van der Waals surface area contributed by atoms with Gasteiger partial charge in [0.2, 0.25) is 0 Å². The topological polar surface area (TPSA) is 24.7 Å². The molecule has 0 bridgehead atoms. The van der Waals surface area contributed by atoms with Crippen LogP contribution in [0.25, 0.3) is 0 Å². The Labute approximate surface area is 181 Å². The zero-order valence-corrected chi connectivity index (χ0v) is 21.0. The van der Waals surface area contributed by atoms with Crippen LogP contribution in [0, 0.1) is 27.7 Å². The van der Waals surface area contributed by atoms with E-state index in [0.29, 0.717) is 0 Å². The molecule has 0 amide bonds. The van der Waals surface area contributed by atoms with Gasteiger partial charge in [0.15, 0.2) is 0 Å². The van der Waals surface area contributed by atoms with Crippen molar-refractivity contribution < 1.29 is 12.3 Å². The quantitative estimate of drug-likeness (QED) is 0.310. The van der Waals surface area contributed by atoms with E-state index in [1.807, 2.05) is 13.8 Å². The average Bonchev–Trinajstić information content (AvgIpc) is 2.52. The normalized spacial score (nSPS) is 12.5. The number of aliphatic imine (C=N–C) groups is 2. The number of para-hydroxylation sites is 2. The summed E-state index contributed by atoms with van der Waals surface area (Å²) in [5.74, 6) is 0. The van der Waals surface area contributed by atoms with Crippen molar-refractivity contribution in [2.24, 2.45) is 9.98 Å². The fourth-order valence-corrected chi connectivity index (χ4v) is 2.46. The van der Waals surface area contributed by atoms with E-state index in [2.05, 4.69) is 64.1 Å². The first-order valence-corrected chi connectivity index (χ1v) is 17.0. The predicted molar refractivity (Wildman–Crippen MR) is 121 cm³/mol. The van der Waals surface area contributed by atoms with Gasteiger partial charge in [0.05, 0.1) is 22.8 Å². The monoisotopic (exact) mass is 480 g/mol. The van der Waals surface area contributed by atoms with Gasteiger partial charge in [0.25, 0.3) is 0 Å². The maximum absolute atomic E-state index is 5.01. The average molecular weight is 482 g/mol. The van der Waals surface area contributed by atoms with Crippen LogP contribution in [0.1, 0.15) is 36.1 Å². The number of benzene rings is 2. The molecule has 0 N–H and O–H groups in total. The van der Waals surface area contributed by atoms with Crippen LogP contribution in [-0.4, -0.2) is 11.4 Å². The van der Waals surface area contributed by atoms with Crippen molar-refractivity contribution in [3.63, 3.8) is 0 Å². The number of nitrogens with zero attached hydrogens (tertiary/aromatic N) is 2. The first-order chi connectivity index (χ1) is 12.4. The summed E-state index contributed by atoms with van der Waals surface area (Å²) >= 11 is -3.11. The number of hydrogen-bond acceptors (Lipinski definition) is 2. The minimum absolute atomic E-state index is 0.958. The minimum atomic E-state index is -3.11. The zero-order chi connectivity index (χ0) is 20.8. The molecule has 0 spiro atoms. The van der Waals surface area contributed by atoms with Gasteiger partial charge in [-0.15, -0.1) is 0 Å². The summed E-state index contributed by atoms with van der Waals surface area (Å²) in [6.07, 6.45) is 0. The van der Waals surface area contributed by atoms with Crippen molar-refractivity contribution in [3.05, 3.63) is 58.7 Å². The summed E-state index contributed by atoms with van der Waals surface area (Å²) in [4.78, 5) is 9.60. The second-order valence-electron chi connectivity index (χ2n) is 6.30. The summed E-state index contributed by atoms with van der Waals surface area (Å²) in [5, 5.41) is 0. The Kier molecular flexibility index (Phi) is 10.1. The molecule has 2 aromatic rings. The molecule has 0 aromatic heterocycles. The van der Waals surface area contributed by atoms with Crippen molar-refractivity contribution in [1.29, 1.82) is 0 Å². The van der Waals surface area contributed by atoms with Crippen LogP contribution in [0.4, 0.5) is 11.4 Å². The summed E-state index contributed by atoms with van der Waals surface area (Å²) < 4.78 is 0. The Morgan fingerprint density at radius 3 is 1.07 bits per heavy atom. The second-order valence-corrected chi connectivity index (χ2v) is 21.8. The molecule has 2 aromatic carbocycles. The Morgan fingerprint density at radius 1 is 0.630 bits per heavy atom. The van der Waals surface area contributed by atoms with E-state index in [9.17, 15) is 0 Å². The fraction of sp³-hybridized carbons (Fsp3) is 0.300. The first kappa shape index (κ1) is 24.7. The molecule has 0 aliphatic rings. The summed E-state index contributed by atoms with van der Waals surface area (Å²) in [7, 11) is 20.1. The molecular formula is C20H24Cl4N2Ti. The van der Waals surface area contributed by atoms with E-state index in [1.54, 1.807) is 0 Å². The van der Waals surface area contributed by atoms with Gasteiger partial charge in [0, 0.05) is 0 Å². The molecule has 7 heteroatoms. The molecule has 0 unspecified atom stereocenters. The van der Waals surface area contributed by atoms with E-state index in [4.69, 9.17) is 47.2 Å². The molecule has 0 aliphatic heterocycles. The van der Waals surface area contributed by atoms with E-state index in [-0.39, 0.29) is 0 Å². The van der Waals surface area contributed by atoms with Crippen LogP contribution in [0.5, 0.6) is 0 Å². The summed E-state index contributed by atoms with van der Waals surface area (Å²) in [5.41, 5.74) is 8.80. The van der Waals surface area contributed by atoms with E-state index >= 15 is 0 Å². The molecule has 0 fully saturated rings. The van der Waals surface area contributed by atoms with Gasteiger partial charge in [-0.1, -0.05) is 36.4 Å². The number of aryl methyl sites for hydroxylation is 4. The Morgan fingerprint density at radius 2 is 0.852 bits per heavy atom. The molecule has 0 saturated carbocycles. The van der Waals surface area contributed by atoms with E-state index < -0.39 is 12.3 Å². The van der Waals surface area contributed by atoms with Crippen LogP contribution in [-0.2, 0) is 12.3 Å². The molecule has 146 valence electrons. The second kappa shape index (κ2) is 11.0. The van der Waals surface area contributed by atoms with Gasteiger partial charge in [-0.2, -0.15) is 0 Å². The van der Waals surface area contributed by atoms with Crippen molar-refractivity contribution in [2.45, 2.75) is 41.5 Å². The SMILES string of the molecule is CC(=Nc1c(C)cccc1C)C(C)=Nc1c(C)cccc1C.[Cl][Ti]([Cl])([Cl])[Cl]. The number of halogens is 4. The van der Waals surface area contributed by atoms with Gasteiger partial charge < -0.3 is 0 Å².